The molecule has 0 spiro atoms. The average Bonchev–Trinajstić information content (AvgIpc) is 2.50. The lowest BCUT2D eigenvalue weighted by atomic mass is 10.3. The van der Waals surface area contributed by atoms with Gasteiger partial charge in [0.1, 0.15) is 10.4 Å². The Bertz CT molecular complexity index is 646. The minimum Gasteiger partial charge on any atom is -0.439 e. The van der Waals surface area contributed by atoms with Crippen molar-refractivity contribution in [3.63, 3.8) is 0 Å². The summed E-state index contributed by atoms with van der Waals surface area (Å²) in [6, 6.07) is 13.0. The summed E-state index contributed by atoms with van der Waals surface area (Å²) in [5.41, 5.74) is 0.894. The van der Waals surface area contributed by atoms with Crippen LogP contribution in [0.5, 0.6) is 11.6 Å². The van der Waals surface area contributed by atoms with Gasteiger partial charge in [-0.25, -0.2) is 4.98 Å². The topological polar surface area (TPSA) is 46.2 Å². The van der Waals surface area contributed by atoms with Gasteiger partial charge < -0.3 is 15.4 Å². The summed E-state index contributed by atoms with van der Waals surface area (Å²) in [5.74, 6) is 1.25. The number of anilines is 1. The second-order valence-corrected chi connectivity index (χ2v) is 5.60. The number of aromatic nitrogens is 1. The summed E-state index contributed by atoms with van der Waals surface area (Å²) in [4.78, 5) is 4.22. The Morgan fingerprint density at radius 1 is 1.27 bits per heavy atom. The van der Waals surface area contributed by atoms with Crippen molar-refractivity contribution in [3.05, 3.63) is 59.7 Å². The molecule has 0 unspecified atom stereocenters. The summed E-state index contributed by atoms with van der Waals surface area (Å²) < 4.78 is 6.41. The van der Waals surface area contributed by atoms with Crippen molar-refractivity contribution in [3.8, 4) is 11.6 Å². The third-order valence-corrected chi connectivity index (χ3v) is 3.35. The zero-order chi connectivity index (χ0) is 15.8. The maximum absolute atomic E-state index is 5.67. The van der Waals surface area contributed by atoms with Crippen molar-refractivity contribution in [2.45, 2.75) is 6.42 Å². The minimum absolute atomic E-state index is 0.539. The molecule has 0 radical (unpaired) electrons. The third kappa shape index (κ3) is 5.46. The van der Waals surface area contributed by atoms with Gasteiger partial charge in [-0.1, -0.05) is 12.1 Å². The number of hydrogen-bond acceptors (Lipinski definition) is 3. The predicted octanol–water partition coefficient (Wildman–Crippen LogP) is 4.50. The molecule has 22 heavy (non-hydrogen) atoms. The van der Waals surface area contributed by atoms with E-state index < -0.39 is 0 Å². The Balaban J connectivity index is 1.90. The first-order valence-corrected chi connectivity index (χ1v) is 7.94. The Morgan fingerprint density at radius 2 is 2.05 bits per heavy atom. The maximum atomic E-state index is 5.67. The fourth-order valence-electron chi connectivity index (χ4n) is 1.64. The number of thiocarbonyl (C=S) groups is 1. The second-order valence-electron chi connectivity index (χ2n) is 4.38. The van der Waals surface area contributed by atoms with Crippen molar-refractivity contribution in [1.29, 1.82) is 0 Å². The summed E-state index contributed by atoms with van der Waals surface area (Å²) in [7, 11) is 0. The first-order valence-electron chi connectivity index (χ1n) is 6.73. The van der Waals surface area contributed by atoms with E-state index in [1.165, 1.54) is 0 Å². The highest BCUT2D eigenvalue weighted by atomic mass is 79.9. The van der Waals surface area contributed by atoms with E-state index in [1.54, 1.807) is 6.07 Å². The molecule has 0 aliphatic carbocycles. The van der Waals surface area contributed by atoms with Gasteiger partial charge in [0, 0.05) is 18.3 Å². The van der Waals surface area contributed by atoms with Crippen LogP contribution >= 0.6 is 28.1 Å². The molecule has 0 atom stereocenters. The number of halogens is 1. The largest absolute Gasteiger partial charge is 0.439 e. The SMILES string of the molecule is C=CCCNC(=S)Nc1ccc(Oc2cccc(Br)n2)cc1. The van der Waals surface area contributed by atoms with Gasteiger partial charge in [-0.05, 0) is 64.9 Å². The summed E-state index contributed by atoms with van der Waals surface area (Å²) in [5, 5.41) is 6.79. The number of ether oxygens (including phenoxy) is 1. The third-order valence-electron chi connectivity index (χ3n) is 2.66. The van der Waals surface area contributed by atoms with Crippen molar-refractivity contribution in [2.24, 2.45) is 0 Å². The smallest absolute Gasteiger partial charge is 0.220 e. The molecule has 6 heteroatoms. The molecular weight excluding hydrogens is 362 g/mol. The fraction of sp³-hybridized carbons (Fsp3) is 0.125. The second kappa shape index (κ2) is 8.51. The van der Waals surface area contributed by atoms with Crippen LogP contribution in [0.3, 0.4) is 0 Å². The molecule has 0 fully saturated rings. The number of rotatable bonds is 6. The highest BCUT2D eigenvalue weighted by Gasteiger charge is 2.01. The van der Waals surface area contributed by atoms with Crippen LogP contribution in [0.4, 0.5) is 5.69 Å². The maximum Gasteiger partial charge on any atom is 0.220 e. The Morgan fingerprint density at radius 3 is 2.73 bits per heavy atom. The molecule has 0 amide bonds. The normalized spacial score (nSPS) is 9.86. The molecule has 4 nitrogen and oxygen atoms in total. The molecule has 114 valence electrons. The van der Waals surface area contributed by atoms with E-state index in [0.717, 1.165) is 23.3 Å². The lowest BCUT2D eigenvalue weighted by molar-refractivity contribution is 0.462. The fourth-order valence-corrected chi connectivity index (χ4v) is 2.18. The summed E-state index contributed by atoms with van der Waals surface area (Å²) in [6.07, 6.45) is 2.71. The van der Waals surface area contributed by atoms with Gasteiger partial charge in [-0.3, -0.25) is 0 Å². The Kier molecular flexibility index (Phi) is 6.36. The van der Waals surface area contributed by atoms with E-state index in [9.17, 15) is 0 Å². The lowest BCUT2D eigenvalue weighted by Gasteiger charge is -2.10. The molecule has 2 rings (SSSR count). The van der Waals surface area contributed by atoms with Crippen LogP contribution in [0.15, 0.2) is 59.7 Å². The monoisotopic (exact) mass is 377 g/mol. The van der Waals surface area contributed by atoms with Gasteiger partial charge in [-0.2, -0.15) is 0 Å². The van der Waals surface area contributed by atoms with Crippen molar-refractivity contribution < 1.29 is 4.74 Å². The first kappa shape index (κ1) is 16.5. The van der Waals surface area contributed by atoms with Gasteiger partial charge in [0.15, 0.2) is 5.11 Å². The number of pyridine rings is 1. The molecule has 1 aromatic carbocycles. The van der Waals surface area contributed by atoms with Gasteiger partial charge in [0.25, 0.3) is 0 Å². The van der Waals surface area contributed by atoms with Gasteiger partial charge >= 0.3 is 0 Å². The van der Waals surface area contributed by atoms with Crippen molar-refractivity contribution >= 4 is 38.9 Å². The van der Waals surface area contributed by atoms with E-state index in [1.807, 2.05) is 42.5 Å². The zero-order valence-electron chi connectivity index (χ0n) is 11.9. The number of hydrogen-bond donors (Lipinski definition) is 2. The molecule has 1 heterocycles. The van der Waals surface area contributed by atoms with Crippen LogP contribution < -0.4 is 15.4 Å². The first-order chi connectivity index (χ1) is 10.7. The number of benzene rings is 1. The molecular formula is C16H16BrN3OS. The van der Waals surface area contributed by atoms with E-state index in [4.69, 9.17) is 17.0 Å². The van der Waals surface area contributed by atoms with Crippen molar-refractivity contribution in [2.75, 3.05) is 11.9 Å². The van der Waals surface area contributed by atoms with Crippen LogP contribution in [-0.4, -0.2) is 16.6 Å². The summed E-state index contributed by atoms with van der Waals surface area (Å²) >= 11 is 8.51. The van der Waals surface area contributed by atoms with Crippen LogP contribution in [0, 0.1) is 0 Å². The zero-order valence-corrected chi connectivity index (χ0v) is 14.3. The molecule has 0 saturated carbocycles. The van der Waals surface area contributed by atoms with E-state index >= 15 is 0 Å². The predicted molar refractivity (Wildman–Crippen MR) is 97.5 cm³/mol. The van der Waals surface area contributed by atoms with Crippen LogP contribution in [-0.2, 0) is 0 Å². The Labute approximate surface area is 143 Å². The molecule has 1 aromatic heterocycles. The molecule has 0 aliphatic heterocycles. The van der Waals surface area contributed by atoms with Gasteiger partial charge in [-0.15, -0.1) is 6.58 Å². The average molecular weight is 378 g/mol. The van der Waals surface area contributed by atoms with E-state index in [2.05, 4.69) is 38.1 Å². The number of nitrogens with one attached hydrogen (secondary N) is 2. The Hall–Kier alpha value is -1.92. The highest BCUT2D eigenvalue weighted by molar-refractivity contribution is 9.10. The number of nitrogens with zero attached hydrogens (tertiary/aromatic N) is 1. The van der Waals surface area contributed by atoms with Gasteiger partial charge in [0.2, 0.25) is 5.88 Å². The lowest BCUT2D eigenvalue weighted by Crippen LogP contribution is -2.28. The molecule has 0 saturated heterocycles. The van der Waals surface area contributed by atoms with E-state index in [-0.39, 0.29) is 0 Å². The highest BCUT2D eigenvalue weighted by Crippen LogP contribution is 2.22. The molecule has 2 N–H and O–H groups in total. The summed E-state index contributed by atoms with van der Waals surface area (Å²) in [6.45, 7) is 4.43. The van der Waals surface area contributed by atoms with Crippen molar-refractivity contribution in [1.82, 2.24) is 10.3 Å². The van der Waals surface area contributed by atoms with Crippen LogP contribution in [0.1, 0.15) is 6.42 Å². The quantitative estimate of drug-likeness (QED) is 0.336. The standard InChI is InChI=1S/C16H16BrN3OS/c1-2-3-11-18-16(22)19-12-7-9-13(10-8-12)21-15-6-4-5-14(17)20-15/h2,4-10H,1,3,11H2,(H2,18,19,22). The molecule has 0 bridgehead atoms. The van der Waals surface area contributed by atoms with Crippen LogP contribution in [0.2, 0.25) is 0 Å². The van der Waals surface area contributed by atoms with Crippen LogP contribution in [0.25, 0.3) is 0 Å². The van der Waals surface area contributed by atoms with E-state index in [0.29, 0.717) is 16.7 Å². The minimum atomic E-state index is 0.539. The molecule has 2 aromatic rings. The van der Waals surface area contributed by atoms with Gasteiger partial charge in [0.05, 0.1) is 0 Å². The molecule has 0 aliphatic rings.